The molecular weight excluding hydrogens is 398 g/mol. The minimum absolute atomic E-state index is 0.00901. The van der Waals surface area contributed by atoms with Crippen molar-refractivity contribution in [3.63, 3.8) is 0 Å². The lowest BCUT2D eigenvalue weighted by atomic mass is 9.85. The third-order valence-corrected chi connectivity index (χ3v) is 7.83. The van der Waals surface area contributed by atoms with Gasteiger partial charge >= 0.3 is 0 Å². The van der Waals surface area contributed by atoms with Gasteiger partial charge in [0, 0.05) is 38.3 Å². The van der Waals surface area contributed by atoms with Crippen molar-refractivity contribution in [3.05, 3.63) is 35.4 Å². The topological polar surface area (TPSA) is 86.8 Å². The molecule has 0 amide bonds. The van der Waals surface area contributed by atoms with Crippen molar-refractivity contribution in [1.82, 2.24) is 13.9 Å². The van der Waals surface area contributed by atoms with Crippen molar-refractivity contribution < 1.29 is 16.8 Å². The van der Waals surface area contributed by atoms with E-state index in [1.165, 1.54) is 17.4 Å². The summed E-state index contributed by atoms with van der Waals surface area (Å²) < 4.78 is 51.3. The second-order valence-corrected chi connectivity index (χ2v) is 11.7. The first-order valence-electron chi connectivity index (χ1n) is 9.88. The zero-order valence-electron chi connectivity index (χ0n) is 16.7. The van der Waals surface area contributed by atoms with E-state index in [0.29, 0.717) is 25.9 Å². The van der Waals surface area contributed by atoms with E-state index in [1.54, 1.807) is 4.31 Å². The zero-order valence-corrected chi connectivity index (χ0v) is 18.3. The fraction of sp³-hybridized carbons (Fsp3) is 0.684. The Kier molecular flexibility index (Phi) is 6.81. The van der Waals surface area contributed by atoms with E-state index < -0.39 is 20.0 Å². The van der Waals surface area contributed by atoms with Gasteiger partial charge in [0.1, 0.15) is 0 Å². The molecule has 2 aliphatic heterocycles. The van der Waals surface area contributed by atoms with Gasteiger partial charge in [0.05, 0.1) is 12.5 Å². The maximum absolute atomic E-state index is 12.5. The number of benzene rings is 1. The molecule has 2 heterocycles. The minimum atomic E-state index is -3.32. The summed E-state index contributed by atoms with van der Waals surface area (Å²) in [4.78, 5) is 2.48. The van der Waals surface area contributed by atoms with Gasteiger partial charge in [-0.15, -0.1) is 0 Å². The molecule has 158 valence electrons. The first-order valence-corrected chi connectivity index (χ1v) is 13.6. The lowest BCUT2D eigenvalue weighted by Crippen LogP contribution is -2.50. The highest BCUT2D eigenvalue weighted by Gasteiger charge is 2.37. The Bertz CT molecular complexity index is 886. The lowest BCUT2D eigenvalue weighted by molar-refractivity contribution is 0.0903. The first-order chi connectivity index (χ1) is 13.1. The monoisotopic (exact) mass is 429 g/mol. The third kappa shape index (κ3) is 5.54. The normalized spacial score (nSPS) is 23.4. The SMILES string of the molecule is CS(=O)(=O)NCCCCN([C@@H]1CCN2CCc3ccccc3[C@@H]2C1)S(C)(=O)=O. The van der Waals surface area contributed by atoms with Gasteiger partial charge in [-0.05, 0) is 43.2 Å². The molecule has 0 aliphatic carbocycles. The van der Waals surface area contributed by atoms with E-state index in [1.807, 2.05) is 0 Å². The van der Waals surface area contributed by atoms with Crippen LogP contribution in [0.3, 0.4) is 0 Å². The van der Waals surface area contributed by atoms with Crippen LogP contribution in [0.2, 0.25) is 0 Å². The number of hydrogen-bond acceptors (Lipinski definition) is 5. The van der Waals surface area contributed by atoms with Gasteiger partial charge in [-0.2, -0.15) is 4.31 Å². The summed E-state index contributed by atoms with van der Waals surface area (Å²) >= 11 is 0. The van der Waals surface area contributed by atoms with E-state index in [2.05, 4.69) is 33.9 Å². The summed E-state index contributed by atoms with van der Waals surface area (Å²) in [5.74, 6) is 0. The quantitative estimate of drug-likeness (QED) is 0.630. The Labute approximate surface area is 169 Å². The van der Waals surface area contributed by atoms with Crippen LogP contribution in [0.15, 0.2) is 24.3 Å². The maximum atomic E-state index is 12.5. The molecule has 0 aromatic heterocycles. The summed E-state index contributed by atoms with van der Waals surface area (Å²) in [6, 6.07) is 8.76. The van der Waals surface area contributed by atoms with Crippen molar-refractivity contribution in [2.45, 2.75) is 44.2 Å². The van der Waals surface area contributed by atoms with Gasteiger partial charge < -0.3 is 0 Å². The van der Waals surface area contributed by atoms with E-state index in [-0.39, 0.29) is 12.1 Å². The molecule has 1 saturated heterocycles. The highest BCUT2D eigenvalue weighted by atomic mass is 32.2. The van der Waals surface area contributed by atoms with Crippen LogP contribution in [0, 0.1) is 0 Å². The predicted octanol–water partition coefficient (Wildman–Crippen LogP) is 1.34. The first kappa shape index (κ1) is 21.7. The molecular formula is C19H31N3O4S2. The molecule has 1 fully saturated rings. The van der Waals surface area contributed by atoms with Crippen molar-refractivity contribution in [2.75, 3.05) is 38.7 Å². The molecule has 1 N–H and O–H groups in total. The third-order valence-electron chi connectivity index (χ3n) is 5.77. The van der Waals surface area contributed by atoms with Gasteiger partial charge in [0.15, 0.2) is 0 Å². The van der Waals surface area contributed by atoms with Gasteiger partial charge in [0.25, 0.3) is 0 Å². The fourth-order valence-electron chi connectivity index (χ4n) is 4.47. The Morgan fingerprint density at radius 1 is 1.11 bits per heavy atom. The van der Waals surface area contributed by atoms with Crippen LogP contribution >= 0.6 is 0 Å². The van der Waals surface area contributed by atoms with E-state index >= 15 is 0 Å². The molecule has 0 bridgehead atoms. The van der Waals surface area contributed by atoms with Crippen LogP contribution in [-0.4, -0.2) is 70.8 Å². The Balaban J connectivity index is 1.65. The molecule has 2 aliphatic rings. The summed E-state index contributed by atoms with van der Waals surface area (Å²) in [7, 11) is -6.52. The molecule has 28 heavy (non-hydrogen) atoms. The molecule has 9 heteroatoms. The van der Waals surface area contributed by atoms with Crippen molar-refractivity contribution in [3.8, 4) is 0 Å². The molecule has 2 atom stereocenters. The molecule has 1 aromatic carbocycles. The van der Waals surface area contributed by atoms with E-state index in [0.717, 1.165) is 38.6 Å². The van der Waals surface area contributed by atoms with Crippen LogP contribution in [0.1, 0.15) is 42.9 Å². The number of hydrogen-bond donors (Lipinski definition) is 1. The van der Waals surface area contributed by atoms with Crippen LogP contribution in [0.5, 0.6) is 0 Å². The van der Waals surface area contributed by atoms with Crippen LogP contribution in [0.25, 0.3) is 0 Å². The largest absolute Gasteiger partial charge is 0.296 e. The average Bonchev–Trinajstić information content (AvgIpc) is 2.62. The summed E-state index contributed by atoms with van der Waals surface area (Å²) in [5, 5.41) is 0. The minimum Gasteiger partial charge on any atom is -0.296 e. The summed E-state index contributed by atoms with van der Waals surface area (Å²) in [5.41, 5.74) is 2.71. The van der Waals surface area contributed by atoms with Crippen LogP contribution < -0.4 is 4.72 Å². The van der Waals surface area contributed by atoms with Gasteiger partial charge in [-0.25, -0.2) is 21.6 Å². The predicted molar refractivity (Wildman–Crippen MR) is 111 cm³/mol. The second kappa shape index (κ2) is 8.79. The second-order valence-electron chi connectivity index (χ2n) is 7.93. The number of nitrogens with zero attached hydrogens (tertiary/aromatic N) is 2. The molecule has 0 spiro atoms. The number of piperidine rings is 1. The molecule has 7 nitrogen and oxygen atoms in total. The van der Waals surface area contributed by atoms with E-state index in [4.69, 9.17) is 0 Å². The number of sulfonamides is 2. The Hall–Kier alpha value is -1.00. The molecule has 0 saturated carbocycles. The highest BCUT2D eigenvalue weighted by molar-refractivity contribution is 7.88. The highest BCUT2D eigenvalue weighted by Crippen LogP contribution is 2.38. The van der Waals surface area contributed by atoms with Crippen molar-refractivity contribution in [1.29, 1.82) is 0 Å². The molecule has 3 rings (SSSR count). The molecule has 1 aromatic rings. The number of nitrogens with one attached hydrogen (secondary N) is 1. The van der Waals surface area contributed by atoms with Gasteiger partial charge in [-0.3, -0.25) is 4.90 Å². The number of unbranched alkanes of at least 4 members (excludes halogenated alkanes) is 1. The number of rotatable bonds is 8. The molecule has 0 unspecified atom stereocenters. The summed E-state index contributed by atoms with van der Waals surface area (Å²) in [6.45, 7) is 2.71. The zero-order chi connectivity index (χ0) is 20.4. The Morgan fingerprint density at radius 2 is 1.86 bits per heavy atom. The van der Waals surface area contributed by atoms with Crippen LogP contribution in [0.4, 0.5) is 0 Å². The smallest absolute Gasteiger partial charge is 0.211 e. The lowest BCUT2D eigenvalue weighted by Gasteiger charge is -2.45. The standard InChI is InChI=1S/C19H31N3O4S2/c1-27(23,24)20-11-5-6-12-22(28(2,25)26)17-10-14-21-13-9-16-7-3-4-8-18(16)19(21)15-17/h3-4,7-8,17,19-20H,5-6,9-15H2,1-2H3/t17-,19+/m1/s1. The summed E-state index contributed by atoms with van der Waals surface area (Å²) in [6.07, 6.45) is 6.37. The average molecular weight is 430 g/mol. The van der Waals surface area contributed by atoms with Crippen LogP contribution in [-0.2, 0) is 26.5 Å². The number of fused-ring (bicyclic) bond motifs is 3. The fourth-order valence-corrected chi connectivity index (χ4v) is 6.18. The van der Waals surface area contributed by atoms with Gasteiger partial charge in [0.2, 0.25) is 20.0 Å². The van der Waals surface area contributed by atoms with Gasteiger partial charge in [-0.1, -0.05) is 24.3 Å². The molecule has 0 radical (unpaired) electrons. The van der Waals surface area contributed by atoms with E-state index in [9.17, 15) is 16.8 Å². The van der Waals surface area contributed by atoms with Crippen molar-refractivity contribution in [2.24, 2.45) is 0 Å². The van der Waals surface area contributed by atoms with Crippen molar-refractivity contribution >= 4 is 20.0 Å². The Morgan fingerprint density at radius 3 is 2.57 bits per heavy atom. The maximum Gasteiger partial charge on any atom is 0.211 e.